The van der Waals surface area contributed by atoms with E-state index >= 15 is 0 Å². The average molecular weight is 120 g/mol. The second-order valence-corrected chi connectivity index (χ2v) is 1.34. The van der Waals surface area contributed by atoms with Crippen LogP contribution in [-0.4, -0.2) is 23.5 Å². The van der Waals surface area contributed by atoms with E-state index in [2.05, 4.69) is 17.9 Å². The van der Waals surface area contributed by atoms with Gasteiger partial charge in [-0.25, -0.2) is 10.1 Å². The van der Waals surface area contributed by atoms with Gasteiger partial charge in [0.2, 0.25) is 0 Å². The number of nitrogens with zero attached hydrogens (tertiary/aromatic N) is 1. The van der Waals surface area contributed by atoms with Crippen molar-refractivity contribution in [2.24, 2.45) is 0 Å². The summed E-state index contributed by atoms with van der Waals surface area (Å²) in [7, 11) is 0. The van der Waals surface area contributed by atoms with Crippen LogP contribution in [0.4, 0.5) is 4.79 Å². The molecule has 0 fully saturated rings. The third-order valence-electron chi connectivity index (χ3n) is 0.347. The van der Waals surface area contributed by atoms with Crippen LogP contribution in [0.5, 0.6) is 0 Å². The Balaban J connectivity index is 2.82. The SMILES string of the molecule is O=C(O)[N]CCS. The van der Waals surface area contributed by atoms with Crippen LogP contribution in [-0.2, 0) is 0 Å². The van der Waals surface area contributed by atoms with Gasteiger partial charge in [0.15, 0.2) is 0 Å². The second kappa shape index (κ2) is 3.80. The van der Waals surface area contributed by atoms with E-state index in [0.29, 0.717) is 12.3 Å². The van der Waals surface area contributed by atoms with Crippen LogP contribution in [0.2, 0.25) is 0 Å². The van der Waals surface area contributed by atoms with E-state index in [-0.39, 0.29) is 0 Å². The molecular weight excluding hydrogens is 114 g/mol. The molecule has 0 bridgehead atoms. The molecule has 0 saturated heterocycles. The molecule has 4 heteroatoms. The summed E-state index contributed by atoms with van der Waals surface area (Å²) in [5.41, 5.74) is 0. The van der Waals surface area contributed by atoms with Gasteiger partial charge in [0.1, 0.15) is 0 Å². The van der Waals surface area contributed by atoms with E-state index in [4.69, 9.17) is 5.11 Å². The minimum Gasteiger partial charge on any atom is -0.464 e. The summed E-state index contributed by atoms with van der Waals surface area (Å²) in [5.74, 6) is 0.492. The summed E-state index contributed by atoms with van der Waals surface area (Å²) in [6.07, 6.45) is -1.12. The van der Waals surface area contributed by atoms with Crippen LogP contribution in [0.3, 0.4) is 0 Å². The molecule has 0 aromatic heterocycles. The lowest BCUT2D eigenvalue weighted by molar-refractivity contribution is 0.194. The fraction of sp³-hybridized carbons (Fsp3) is 0.667. The Hall–Kier alpha value is -0.380. The molecule has 0 unspecified atom stereocenters. The maximum absolute atomic E-state index is 9.56. The maximum atomic E-state index is 9.56. The summed E-state index contributed by atoms with van der Waals surface area (Å²) >= 11 is 3.74. The van der Waals surface area contributed by atoms with Crippen molar-refractivity contribution in [1.82, 2.24) is 5.32 Å². The van der Waals surface area contributed by atoms with Crippen molar-refractivity contribution in [2.45, 2.75) is 0 Å². The quantitative estimate of drug-likeness (QED) is 0.511. The molecule has 0 aliphatic carbocycles. The summed E-state index contributed by atoms with van der Waals surface area (Å²) in [4.78, 5) is 9.56. The van der Waals surface area contributed by atoms with Gasteiger partial charge < -0.3 is 5.11 Å². The number of amides is 1. The molecule has 0 spiro atoms. The van der Waals surface area contributed by atoms with Crippen molar-refractivity contribution in [1.29, 1.82) is 0 Å². The molecule has 0 aromatic rings. The zero-order valence-electron chi connectivity index (χ0n) is 3.66. The van der Waals surface area contributed by atoms with Gasteiger partial charge in [0, 0.05) is 5.75 Å². The van der Waals surface area contributed by atoms with Gasteiger partial charge in [-0.05, 0) is 0 Å². The molecule has 0 aromatic carbocycles. The summed E-state index contributed by atoms with van der Waals surface area (Å²) in [5, 5.41) is 10.9. The van der Waals surface area contributed by atoms with Crippen molar-refractivity contribution >= 4 is 18.7 Å². The van der Waals surface area contributed by atoms with E-state index in [0.717, 1.165) is 0 Å². The van der Waals surface area contributed by atoms with Crippen LogP contribution in [0, 0.1) is 0 Å². The second-order valence-electron chi connectivity index (χ2n) is 0.888. The Morgan fingerprint density at radius 3 is 2.57 bits per heavy atom. The van der Waals surface area contributed by atoms with Crippen molar-refractivity contribution in [2.75, 3.05) is 12.3 Å². The third-order valence-corrected chi connectivity index (χ3v) is 0.547. The van der Waals surface area contributed by atoms with E-state index in [1.165, 1.54) is 0 Å². The highest BCUT2D eigenvalue weighted by Crippen LogP contribution is 1.69. The van der Waals surface area contributed by atoms with Crippen molar-refractivity contribution < 1.29 is 9.90 Å². The lowest BCUT2D eigenvalue weighted by Crippen LogP contribution is -2.14. The molecule has 41 valence electrons. The summed E-state index contributed by atoms with van der Waals surface area (Å²) in [6.45, 7) is 0.290. The first-order valence-electron chi connectivity index (χ1n) is 1.78. The molecule has 0 rings (SSSR count). The molecule has 1 radical (unpaired) electrons. The van der Waals surface area contributed by atoms with Crippen molar-refractivity contribution in [3.63, 3.8) is 0 Å². The Kier molecular flexibility index (Phi) is 3.59. The number of carboxylic acid groups (broad SMARTS) is 1. The van der Waals surface area contributed by atoms with Crippen molar-refractivity contribution in [3.8, 4) is 0 Å². The highest BCUT2D eigenvalue weighted by atomic mass is 32.1. The van der Waals surface area contributed by atoms with Crippen LogP contribution in [0.1, 0.15) is 0 Å². The Morgan fingerprint density at radius 1 is 1.86 bits per heavy atom. The lowest BCUT2D eigenvalue weighted by atomic mass is 10.7. The highest BCUT2D eigenvalue weighted by Gasteiger charge is 1.90. The largest absolute Gasteiger partial charge is 0.464 e. The molecule has 7 heavy (non-hydrogen) atoms. The fourth-order valence-corrected chi connectivity index (χ4v) is 0.246. The summed E-state index contributed by atoms with van der Waals surface area (Å²) < 4.78 is 0. The Labute approximate surface area is 47.1 Å². The summed E-state index contributed by atoms with van der Waals surface area (Å²) in [6, 6.07) is 0. The van der Waals surface area contributed by atoms with Crippen LogP contribution in [0.15, 0.2) is 0 Å². The van der Waals surface area contributed by atoms with E-state index < -0.39 is 6.09 Å². The monoisotopic (exact) mass is 120 g/mol. The third kappa shape index (κ3) is 5.62. The first kappa shape index (κ1) is 6.62. The number of carbonyl (C=O) groups is 1. The van der Waals surface area contributed by atoms with Gasteiger partial charge >= 0.3 is 6.09 Å². The number of hydrogen-bond donors (Lipinski definition) is 2. The maximum Gasteiger partial charge on any atom is 0.426 e. The van der Waals surface area contributed by atoms with Gasteiger partial charge in [-0.3, -0.25) is 0 Å². The molecule has 1 amide bonds. The fourth-order valence-electron chi connectivity index (χ4n) is 0.146. The minimum atomic E-state index is -1.12. The minimum absolute atomic E-state index is 0.290. The molecule has 0 aliphatic heterocycles. The molecule has 1 N–H and O–H groups in total. The normalized spacial score (nSPS) is 8.14. The molecular formula is C3H6NO2S. The molecule has 0 aliphatic rings. The topological polar surface area (TPSA) is 51.4 Å². The predicted octanol–water partition coefficient (Wildman–Crippen LogP) is 0.199. The van der Waals surface area contributed by atoms with Gasteiger partial charge in [0.25, 0.3) is 0 Å². The number of hydrogen-bond acceptors (Lipinski definition) is 2. The Morgan fingerprint density at radius 2 is 2.43 bits per heavy atom. The molecule has 0 saturated carbocycles. The van der Waals surface area contributed by atoms with Gasteiger partial charge in [0.05, 0.1) is 6.54 Å². The van der Waals surface area contributed by atoms with E-state index in [1.807, 2.05) is 0 Å². The highest BCUT2D eigenvalue weighted by molar-refractivity contribution is 7.80. The van der Waals surface area contributed by atoms with Gasteiger partial charge in [-0.1, -0.05) is 0 Å². The zero-order chi connectivity index (χ0) is 5.70. The lowest BCUT2D eigenvalue weighted by Gasteiger charge is -1.87. The Bertz CT molecular complexity index is 66.0. The van der Waals surface area contributed by atoms with Gasteiger partial charge in [-0.2, -0.15) is 12.6 Å². The molecule has 0 heterocycles. The van der Waals surface area contributed by atoms with Crippen LogP contribution in [0.25, 0.3) is 0 Å². The number of rotatable bonds is 2. The van der Waals surface area contributed by atoms with Crippen LogP contribution < -0.4 is 5.32 Å². The zero-order valence-corrected chi connectivity index (χ0v) is 4.56. The smallest absolute Gasteiger partial charge is 0.426 e. The molecule has 3 nitrogen and oxygen atoms in total. The van der Waals surface area contributed by atoms with Gasteiger partial charge in [-0.15, -0.1) is 0 Å². The van der Waals surface area contributed by atoms with Crippen LogP contribution >= 0.6 is 12.6 Å². The number of thiol groups is 1. The van der Waals surface area contributed by atoms with E-state index in [9.17, 15) is 4.79 Å². The average Bonchev–Trinajstić information content (AvgIpc) is 1.61. The standard InChI is InChI=1S/C3H6NO2S/c5-3(6)4-1-2-7/h7H,1-2H2,(H,5,6). The first-order chi connectivity index (χ1) is 3.27. The van der Waals surface area contributed by atoms with Crippen molar-refractivity contribution in [3.05, 3.63) is 0 Å². The predicted molar refractivity (Wildman–Crippen MR) is 28.9 cm³/mol. The molecule has 0 atom stereocenters. The van der Waals surface area contributed by atoms with E-state index in [1.54, 1.807) is 0 Å². The first-order valence-corrected chi connectivity index (χ1v) is 2.42.